The minimum absolute atomic E-state index is 0.202. The van der Waals surface area contributed by atoms with Crippen LogP contribution < -0.4 is 0 Å². The molecule has 0 amide bonds. The summed E-state index contributed by atoms with van der Waals surface area (Å²) in [4.78, 5) is 13.2. The van der Waals surface area contributed by atoms with Crippen LogP contribution in [0.15, 0.2) is 11.8 Å². The summed E-state index contributed by atoms with van der Waals surface area (Å²) in [6, 6.07) is 0.578. The number of likely N-dealkylation sites (N-methyl/N-ethyl adjacent to an activating group) is 1. The molecule has 0 spiro atoms. The van der Waals surface area contributed by atoms with Crippen molar-refractivity contribution in [3.63, 3.8) is 0 Å². The first-order valence-electron chi connectivity index (χ1n) is 4.25. The molecule has 0 N–H and O–H groups in total. The predicted octanol–water partition coefficient (Wildman–Crippen LogP) is 0.767. The minimum atomic E-state index is -0.202. The van der Waals surface area contributed by atoms with E-state index in [1.54, 1.807) is 0 Å². The van der Waals surface area contributed by atoms with Gasteiger partial charge in [0.25, 0.3) is 0 Å². The monoisotopic (exact) mass is 167 g/mol. The first-order valence-corrected chi connectivity index (χ1v) is 4.25. The molecule has 0 atom stereocenters. The number of nitrogens with zero attached hydrogens (tertiary/aromatic N) is 1. The topological polar surface area (TPSA) is 29.5 Å². The fourth-order valence-electron chi connectivity index (χ4n) is 1.94. The Morgan fingerprint density at radius 2 is 2.33 bits per heavy atom. The largest absolute Gasteiger partial charge is 0.464 e. The zero-order chi connectivity index (χ0) is 8.72. The number of hydrogen-bond donors (Lipinski definition) is 0. The van der Waals surface area contributed by atoms with Crippen LogP contribution in [-0.2, 0) is 9.53 Å². The highest BCUT2D eigenvalue weighted by Gasteiger charge is 2.38. The molecule has 3 rings (SSSR count). The van der Waals surface area contributed by atoms with Crippen LogP contribution in [0.4, 0.5) is 0 Å². The van der Waals surface area contributed by atoms with Crippen molar-refractivity contribution in [2.24, 2.45) is 5.92 Å². The van der Waals surface area contributed by atoms with Gasteiger partial charge in [-0.1, -0.05) is 6.08 Å². The van der Waals surface area contributed by atoms with Gasteiger partial charge < -0.3 is 9.64 Å². The average molecular weight is 167 g/mol. The van der Waals surface area contributed by atoms with E-state index in [0.29, 0.717) is 12.0 Å². The van der Waals surface area contributed by atoms with E-state index in [-0.39, 0.29) is 5.97 Å². The van der Waals surface area contributed by atoms with Crippen LogP contribution >= 0.6 is 0 Å². The van der Waals surface area contributed by atoms with Crippen molar-refractivity contribution in [3.05, 3.63) is 11.8 Å². The molecule has 12 heavy (non-hydrogen) atoms. The van der Waals surface area contributed by atoms with Crippen LogP contribution in [0, 0.1) is 5.92 Å². The van der Waals surface area contributed by atoms with Crippen molar-refractivity contribution in [2.45, 2.75) is 18.9 Å². The number of methoxy groups -OCH3 is 1. The highest BCUT2D eigenvalue weighted by Crippen LogP contribution is 2.39. The van der Waals surface area contributed by atoms with Crippen LogP contribution in [0.3, 0.4) is 0 Å². The molecule has 0 unspecified atom stereocenters. The van der Waals surface area contributed by atoms with Gasteiger partial charge in [0.1, 0.15) is 5.70 Å². The predicted molar refractivity (Wildman–Crippen MR) is 44.4 cm³/mol. The Kier molecular flexibility index (Phi) is 1.60. The van der Waals surface area contributed by atoms with Gasteiger partial charge in [0.05, 0.1) is 7.11 Å². The van der Waals surface area contributed by atoms with Gasteiger partial charge in [-0.15, -0.1) is 0 Å². The molecule has 3 nitrogen and oxygen atoms in total. The van der Waals surface area contributed by atoms with Crippen molar-refractivity contribution in [3.8, 4) is 0 Å². The Balaban J connectivity index is 2.19. The lowest BCUT2D eigenvalue weighted by atomic mass is 9.75. The third-order valence-electron chi connectivity index (χ3n) is 2.87. The Morgan fingerprint density at radius 3 is 2.83 bits per heavy atom. The number of carbonyl (C=O) groups is 1. The van der Waals surface area contributed by atoms with E-state index in [2.05, 4.69) is 4.74 Å². The summed E-state index contributed by atoms with van der Waals surface area (Å²) in [6.45, 7) is 0. The fourth-order valence-corrected chi connectivity index (χ4v) is 1.94. The summed E-state index contributed by atoms with van der Waals surface area (Å²) < 4.78 is 4.68. The summed E-state index contributed by atoms with van der Waals surface area (Å²) in [5.41, 5.74) is 0.741. The Hall–Kier alpha value is -0.990. The molecular weight excluding hydrogens is 154 g/mol. The summed E-state index contributed by atoms with van der Waals surface area (Å²) in [7, 11) is 3.39. The molecular formula is C9H13NO2. The van der Waals surface area contributed by atoms with Gasteiger partial charge in [-0.3, -0.25) is 0 Å². The summed E-state index contributed by atoms with van der Waals surface area (Å²) in [6.07, 6.45) is 4.44. The van der Waals surface area contributed by atoms with Gasteiger partial charge in [-0.2, -0.15) is 0 Å². The van der Waals surface area contributed by atoms with E-state index in [1.807, 2.05) is 18.0 Å². The number of esters is 1. The molecule has 1 fully saturated rings. The second-order valence-electron chi connectivity index (χ2n) is 3.54. The number of rotatable bonds is 1. The van der Waals surface area contributed by atoms with E-state index < -0.39 is 0 Å². The minimum Gasteiger partial charge on any atom is -0.464 e. The molecule has 2 heterocycles. The highest BCUT2D eigenvalue weighted by atomic mass is 16.5. The van der Waals surface area contributed by atoms with E-state index >= 15 is 0 Å². The van der Waals surface area contributed by atoms with Crippen LogP contribution in [0.1, 0.15) is 12.8 Å². The fraction of sp³-hybridized carbons (Fsp3) is 0.667. The summed E-state index contributed by atoms with van der Waals surface area (Å²) in [5.74, 6) is 0.423. The molecule has 3 heteroatoms. The van der Waals surface area contributed by atoms with Gasteiger partial charge in [0.15, 0.2) is 0 Å². The van der Waals surface area contributed by atoms with Crippen molar-refractivity contribution in [1.82, 2.24) is 4.90 Å². The Labute approximate surface area is 72.0 Å². The van der Waals surface area contributed by atoms with Crippen molar-refractivity contribution in [2.75, 3.05) is 14.2 Å². The lowest BCUT2D eigenvalue weighted by molar-refractivity contribution is -0.139. The first-order chi connectivity index (χ1) is 5.72. The van der Waals surface area contributed by atoms with Gasteiger partial charge in [-0.25, -0.2) is 4.79 Å². The number of hydrogen-bond acceptors (Lipinski definition) is 3. The number of fused-ring (bicyclic) bond motifs is 1. The SMILES string of the molecule is COC(=O)C1=CC2CC(C2)N1C. The van der Waals surface area contributed by atoms with Crippen molar-refractivity contribution in [1.29, 1.82) is 0 Å². The molecule has 1 saturated carbocycles. The molecule has 0 aromatic heterocycles. The number of ether oxygens (including phenoxy) is 1. The molecule has 2 bridgehead atoms. The molecule has 0 saturated heterocycles. The maximum absolute atomic E-state index is 11.2. The second-order valence-corrected chi connectivity index (χ2v) is 3.54. The van der Waals surface area contributed by atoms with Gasteiger partial charge in [0.2, 0.25) is 0 Å². The number of carbonyl (C=O) groups excluding carboxylic acids is 1. The van der Waals surface area contributed by atoms with Crippen LogP contribution in [0.25, 0.3) is 0 Å². The lowest BCUT2D eigenvalue weighted by Crippen LogP contribution is -2.47. The van der Waals surface area contributed by atoms with Crippen molar-refractivity contribution < 1.29 is 9.53 Å². The molecule has 3 aliphatic rings. The van der Waals surface area contributed by atoms with Crippen LogP contribution in [0.5, 0.6) is 0 Å². The normalized spacial score (nSPS) is 32.2. The first kappa shape index (κ1) is 7.65. The molecule has 0 aromatic rings. The zero-order valence-corrected chi connectivity index (χ0v) is 7.41. The lowest BCUT2D eigenvalue weighted by Gasteiger charge is -2.46. The highest BCUT2D eigenvalue weighted by molar-refractivity contribution is 5.88. The van der Waals surface area contributed by atoms with Gasteiger partial charge in [-0.05, 0) is 18.8 Å². The zero-order valence-electron chi connectivity index (χ0n) is 7.41. The Morgan fingerprint density at radius 1 is 1.67 bits per heavy atom. The molecule has 2 aliphatic heterocycles. The number of allylic oxidation sites excluding steroid dienone is 1. The third-order valence-corrected chi connectivity index (χ3v) is 2.87. The van der Waals surface area contributed by atoms with E-state index in [4.69, 9.17) is 0 Å². The second kappa shape index (κ2) is 2.51. The maximum atomic E-state index is 11.2. The van der Waals surface area contributed by atoms with Gasteiger partial charge >= 0.3 is 5.97 Å². The van der Waals surface area contributed by atoms with Crippen LogP contribution in [0.2, 0.25) is 0 Å². The van der Waals surface area contributed by atoms with E-state index in [0.717, 1.165) is 5.70 Å². The Bertz CT molecular complexity index is 241. The van der Waals surface area contributed by atoms with E-state index in [9.17, 15) is 4.79 Å². The average Bonchev–Trinajstić information content (AvgIpc) is 2.01. The molecule has 66 valence electrons. The quantitative estimate of drug-likeness (QED) is 0.540. The molecule has 0 aromatic carbocycles. The van der Waals surface area contributed by atoms with Crippen LogP contribution in [-0.4, -0.2) is 31.1 Å². The standard InChI is InChI=1S/C9H13NO2/c1-10-7-3-6(4-7)5-8(10)9(11)12-2/h5-7H,3-4H2,1-2H3. The maximum Gasteiger partial charge on any atom is 0.353 e. The summed E-state index contributed by atoms with van der Waals surface area (Å²) in [5, 5.41) is 0. The van der Waals surface area contributed by atoms with E-state index in [1.165, 1.54) is 20.0 Å². The molecule has 1 aliphatic carbocycles. The smallest absolute Gasteiger partial charge is 0.353 e. The third kappa shape index (κ3) is 0.924. The molecule has 0 radical (unpaired) electrons. The summed E-state index contributed by atoms with van der Waals surface area (Å²) >= 11 is 0. The van der Waals surface area contributed by atoms with Crippen molar-refractivity contribution >= 4 is 5.97 Å². The van der Waals surface area contributed by atoms with Gasteiger partial charge in [0, 0.05) is 13.1 Å².